The highest BCUT2D eigenvalue weighted by Crippen LogP contribution is 2.27. The van der Waals surface area contributed by atoms with E-state index in [0.29, 0.717) is 0 Å². The summed E-state index contributed by atoms with van der Waals surface area (Å²) in [4.78, 5) is 4.56. The fourth-order valence-corrected chi connectivity index (χ4v) is 2.59. The molecule has 0 spiro atoms. The van der Waals surface area contributed by atoms with Gasteiger partial charge in [-0.2, -0.15) is 0 Å². The predicted molar refractivity (Wildman–Crippen MR) is 78.6 cm³/mol. The number of methoxy groups -OCH3 is 1. The van der Waals surface area contributed by atoms with E-state index in [1.165, 1.54) is 16.3 Å². The minimum Gasteiger partial charge on any atom is -0.371 e. The van der Waals surface area contributed by atoms with Crippen molar-refractivity contribution < 1.29 is 4.74 Å². The Kier molecular flexibility index (Phi) is 3.47. The Morgan fingerprint density at radius 1 is 1.16 bits per heavy atom. The van der Waals surface area contributed by atoms with Crippen molar-refractivity contribution in [2.75, 3.05) is 20.2 Å². The number of amidine groups is 1. The van der Waals surface area contributed by atoms with E-state index in [1.54, 1.807) is 7.11 Å². The van der Waals surface area contributed by atoms with Crippen LogP contribution in [0, 0.1) is 0 Å². The molecule has 1 heterocycles. The molecule has 0 radical (unpaired) electrons. The van der Waals surface area contributed by atoms with Crippen LogP contribution in [0.5, 0.6) is 0 Å². The molecule has 3 heteroatoms. The summed E-state index contributed by atoms with van der Waals surface area (Å²) in [5.41, 5.74) is 1.17. The lowest BCUT2D eigenvalue weighted by Gasteiger charge is -2.23. The van der Waals surface area contributed by atoms with E-state index < -0.39 is 0 Å². The number of fused-ring (bicyclic) bond motifs is 1. The topological polar surface area (TPSA) is 33.6 Å². The van der Waals surface area contributed by atoms with E-state index in [4.69, 9.17) is 4.74 Å². The molecular formula is C16H18N2O. The average molecular weight is 254 g/mol. The van der Waals surface area contributed by atoms with Gasteiger partial charge in [0, 0.05) is 20.2 Å². The van der Waals surface area contributed by atoms with Gasteiger partial charge in [-0.1, -0.05) is 42.5 Å². The summed E-state index contributed by atoms with van der Waals surface area (Å²) in [5.74, 6) is 0.949. The van der Waals surface area contributed by atoms with E-state index >= 15 is 0 Å². The van der Waals surface area contributed by atoms with Crippen molar-refractivity contribution >= 4 is 16.6 Å². The smallest absolute Gasteiger partial charge is 0.140 e. The van der Waals surface area contributed by atoms with Crippen molar-refractivity contribution in [3.8, 4) is 0 Å². The third kappa shape index (κ3) is 2.34. The highest BCUT2D eigenvalue weighted by Gasteiger charge is 2.21. The molecular weight excluding hydrogens is 236 g/mol. The number of aliphatic imine (C=N–C) groups is 1. The molecule has 2 aromatic rings. The SMILES string of the molecule is CO[C@@H](C1=NCCCN1)c1cccc2ccccc12. The zero-order valence-electron chi connectivity index (χ0n) is 11.1. The monoisotopic (exact) mass is 254 g/mol. The van der Waals surface area contributed by atoms with Crippen LogP contribution in [0.15, 0.2) is 47.5 Å². The van der Waals surface area contributed by atoms with Crippen LogP contribution < -0.4 is 5.32 Å². The molecule has 0 unspecified atom stereocenters. The first-order valence-electron chi connectivity index (χ1n) is 6.69. The molecule has 1 atom stereocenters. The summed E-state index contributed by atoms with van der Waals surface area (Å²) in [5, 5.41) is 5.82. The van der Waals surface area contributed by atoms with Crippen LogP contribution in [0.4, 0.5) is 0 Å². The Hall–Kier alpha value is -1.87. The maximum atomic E-state index is 5.69. The average Bonchev–Trinajstić information content (AvgIpc) is 2.49. The number of benzene rings is 2. The van der Waals surface area contributed by atoms with Crippen LogP contribution in [0.2, 0.25) is 0 Å². The Balaban J connectivity index is 2.08. The molecule has 0 bridgehead atoms. The number of nitrogens with zero attached hydrogens (tertiary/aromatic N) is 1. The van der Waals surface area contributed by atoms with Crippen LogP contribution in [0.1, 0.15) is 18.1 Å². The first kappa shape index (κ1) is 12.2. The van der Waals surface area contributed by atoms with Gasteiger partial charge in [0.25, 0.3) is 0 Å². The van der Waals surface area contributed by atoms with Crippen molar-refractivity contribution in [2.45, 2.75) is 12.5 Å². The quantitative estimate of drug-likeness (QED) is 0.913. The Morgan fingerprint density at radius 2 is 2.00 bits per heavy atom. The van der Waals surface area contributed by atoms with E-state index in [2.05, 4.69) is 52.8 Å². The Morgan fingerprint density at radius 3 is 2.79 bits per heavy atom. The number of hydrogen-bond acceptors (Lipinski definition) is 3. The first-order chi connectivity index (χ1) is 9.40. The summed E-state index contributed by atoms with van der Waals surface area (Å²) in [6.45, 7) is 1.86. The maximum Gasteiger partial charge on any atom is 0.140 e. The fraction of sp³-hybridized carbons (Fsp3) is 0.312. The molecule has 0 fully saturated rings. The molecule has 1 N–H and O–H groups in total. The lowest BCUT2D eigenvalue weighted by atomic mass is 9.99. The second-order valence-corrected chi connectivity index (χ2v) is 4.73. The molecule has 0 saturated heterocycles. The van der Waals surface area contributed by atoms with E-state index in [-0.39, 0.29) is 6.10 Å². The van der Waals surface area contributed by atoms with Gasteiger partial charge in [0.15, 0.2) is 0 Å². The maximum absolute atomic E-state index is 5.69. The van der Waals surface area contributed by atoms with Gasteiger partial charge in [-0.3, -0.25) is 4.99 Å². The van der Waals surface area contributed by atoms with Crippen molar-refractivity contribution in [1.82, 2.24) is 5.32 Å². The summed E-state index contributed by atoms with van der Waals surface area (Å²) in [6, 6.07) is 14.7. The lowest BCUT2D eigenvalue weighted by molar-refractivity contribution is 0.155. The fourth-order valence-electron chi connectivity index (χ4n) is 2.59. The zero-order valence-corrected chi connectivity index (χ0v) is 11.1. The summed E-state index contributed by atoms with van der Waals surface area (Å²) < 4.78 is 5.69. The van der Waals surface area contributed by atoms with Crippen molar-refractivity contribution in [2.24, 2.45) is 4.99 Å². The first-order valence-corrected chi connectivity index (χ1v) is 6.69. The van der Waals surface area contributed by atoms with Gasteiger partial charge in [0.2, 0.25) is 0 Å². The number of nitrogens with one attached hydrogen (secondary N) is 1. The second-order valence-electron chi connectivity index (χ2n) is 4.73. The van der Waals surface area contributed by atoms with Gasteiger partial charge < -0.3 is 10.1 Å². The second kappa shape index (κ2) is 5.41. The molecule has 2 aromatic carbocycles. The van der Waals surface area contributed by atoms with Crippen LogP contribution in [0.25, 0.3) is 10.8 Å². The van der Waals surface area contributed by atoms with Gasteiger partial charge in [0.05, 0.1) is 0 Å². The number of ether oxygens (including phenoxy) is 1. The van der Waals surface area contributed by atoms with Crippen molar-refractivity contribution in [1.29, 1.82) is 0 Å². The molecule has 3 nitrogen and oxygen atoms in total. The molecule has 0 aliphatic carbocycles. The molecule has 1 aliphatic heterocycles. The highest BCUT2D eigenvalue weighted by molar-refractivity contribution is 5.94. The number of hydrogen-bond donors (Lipinski definition) is 1. The van der Waals surface area contributed by atoms with Gasteiger partial charge in [-0.05, 0) is 22.8 Å². The summed E-state index contributed by atoms with van der Waals surface area (Å²) in [7, 11) is 1.74. The Labute approximate surface area is 113 Å². The largest absolute Gasteiger partial charge is 0.371 e. The molecule has 0 saturated carbocycles. The highest BCUT2D eigenvalue weighted by atomic mass is 16.5. The minimum absolute atomic E-state index is 0.105. The van der Waals surface area contributed by atoms with E-state index in [9.17, 15) is 0 Å². The molecule has 1 aliphatic rings. The van der Waals surface area contributed by atoms with Crippen LogP contribution in [0.3, 0.4) is 0 Å². The van der Waals surface area contributed by atoms with Gasteiger partial charge in [-0.25, -0.2) is 0 Å². The van der Waals surface area contributed by atoms with E-state index in [0.717, 1.165) is 25.3 Å². The van der Waals surface area contributed by atoms with Crippen LogP contribution in [-0.2, 0) is 4.74 Å². The predicted octanol–water partition coefficient (Wildman–Crippen LogP) is 2.92. The van der Waals surface area contributed by atoms with Gasteiger partial charge >= 0.3 is 0 Å². The molecule has 19 heavy (non-hydrogen) atoms. The van der Waals surface area contributed by atoms with Crippen LogP contribution >= 0.6 is 0 Å². The molecule has 0 amide bonds. The minimum atomic E-state index is -0.105. The molecule has 98 valence electrons. The molecule has 0 aromatic heterocycles. The number of rotatable bonds is 3. The van der Waals surface area contributed by atoms with Crippen molar-refractivity contribution in [3.63, 3.8) is 0 Å². The van der Waals surface area contributed by atoms with Crippen LogP contribution in [-0.4, -0.2) is 26.0 Å². The normalized spacial score (nSPS) is 16.8. The van der Waals surface area contributed by atoms with Gasteiger partial charge in [-0.15, -0.1) is 0 Å². The zero-order chi connectivity index (χ0) is 13.1. The Bertz CT molecular complexity index is 601. The third-order valence-corrected chi connectivity index (χ3v) is 3.51. The van der Waals surface area contributed by atoms with Crippen molar-refractivity contribution in [3.05, 3.63) is 48.0 Å². The molecule has 3 rings (SSSR count). The summed E-state index contributed by atoms with van der Waals surface area (Å²) in [6.07, 6.45) is 0.988. The lowest BCUT2D eigenvalue weighted by Crippen LogP contribution is -2.35. The summed E-state index contributed by atoms with van der Waals surface area (Å²) >= 11 is 0. The third-order valence-electron chi connectivity index (χ3n) is 3.51. The van der Waals surface area contributed by atoms with Gasteiger partial charge in [0.1, 0.15) is 11.9 Å². The van der Waals surface area contributed by atoms with E-state index in [1.807, 2.05) is 0 Å². The standard InChI is InChI=1S/C16H18N2O/c1-19-15(16-17-10-5-11-18-16)14-9-4-7-12-6-2-3-8-13(12)14/h2-4,6-9,15H,5,10-11H2,1H3,(H,17,18)/t15-/m1/s1.